The van der Waals surface area contributed by atoms with Gasteiger partial charge in [-0.1, -0.05) is 27.5 Å². The van der Waals surface area contributed by atoms with Crippen molar-refractivity contribution in [2.45, 2.75) is 32.7 Å². The maximum Gasteiger partial charge on any atom is 0.340 e. The molecule has 0 unspecified atom stereocenters. The van der Waals surface area contributed by atoms with Gasteiger partial charge in [0.05, 0.1) is 10.6 Å². The number of carbonyl (C=O) groups excluding carboxylic acids is 2. The lowest BCUT2D eigenvalue weighted by molar-refractivity contribution is 0.0474. The predicted octanol–water partition coefficient (Wildman–Crippen LogP) is 4.90. The van der Waals surface area contributed by atoms with Gasteiger partial charge in [-0.2, -0.15) is 0 Å². The van der Waals surface area contributed by atoms with Gasteiger partial charge < -0.3 is 9.30 Å². The van der Waals surface area contributed by atoms with E-state index in [0.29, 0.717) is 16.6 Å². The number of hydrogen-bond acceptors (Lipinski definition) is 3. The standard InChI is InChI=1S/C18H17BrClNO3/c1-10-7-14(11(2)21(10)13-4-5-13)17(22)9-24-18(23)15-8-12(19)3-6-16(15)20/h3,6-8,13H,4-5,9H2,1-2H3. The van der Waals surface area contributed by atoms with Gasteiger partial charge in [0.15, 0.2) is 6.61 Å². The van der Waals surface area contributed by atoms with E-state index in [4.69, 9.17) is 16.3 Å². The van der Waals surface area contributed by atoms with Crippen molar-refractivity contribution in [3.8, 4) is 0 Å². The van der Waals surface area contributed by atoms with E-state index in [0.717, 1.165) is 28.7 Å². The van der Waals surface area contributed by atoms with Crippen LogP contribution < -0.4 is 0 Å². The van der Waals surface area contributed by atoms with Crippen LogP contribution in [0.2, 0.25) is 5.02 Å². The summed E-state index contributed by atoms with van der Waals surface area (Å²) in [6, 6.07) is 7.29. The van der Waals surface area contributed by atoms with E-state index < -0.39 is 5.97 Å². The quantitative estimate of drug-likeness (QED) is 0.520. The Kier molecular flexibility index (Phi) is 4.83. The monoisotopic (exact) mass is 409 g/mol. The first kappa shape index (κ1) is 17.2. The van der Waals surface area contributed by atoms with Gasteiger partial charge in [-0.15, -0.1) is 0 Å². The number of nitrogens with zero attached hydrogens (tertiary/aromatic N) is 1. The molecule has 0 spiro atoms. The van der Waals surface area contributed by atoms with Crippen LogP contribution in [0.4, 0.5) is 0 Å². The maximum atomic E-state index is 12.4. The SMILES string of the molecule is Cc1cc(C(=O)COC(=O)c2cc(Br)ccc2Cl)c(C)n1C1CC1. The smallest absolute Gasteiger partial charge is 0.340 e. The molecule has 0 saturated heterocycles. The molecule has 1 fully saturated rings. The number of hydrogen-bond donors (Lipinski definition) is 0. The summed E-state index contributed by atoms with van der Waals surface area (Å²) in [4.78, 5) is 24.6. The van der Waals surface area contributed by atoms with Crippen molar-refractivity contribution < 1.29 is 14.3 Å². The molecule has 3 rings (SSSR count). The minimum Gasteiger partial charge on any atom is -0.454 e. The highest BCUT2D eigenvalue weighted by atomic mass is 79.9. The Bertz CT molecular complexity index is 824. The van der Waals surface area contributed by atoms with Crippen molar-refractivity contribution in [1.29, 1.82) is 0 Å². The third kappa shape index (κ3) is 3.42. The highest BCUT2D eigenvalue weighted by molar-refractivity contribution is 9.10. The Labute approximate surface area is 153 Å². The molecule has 0 amide bonds. The number of aryl methyl sites for hydroxylation is 1. The average Bonchev–Trinajstić information content (AvgIpc) is 3.32. The van der Waals surface area contributed by atoms with Crippen LogP contribution in [0.15, 0.2) is 28.7 Å². The van der Waals surface area contributed by atoms with Gasteiger partial charge >= 0.3 is 5.97 Å². The first-order valence-corrected chi connectivity index (χ1v) is 8.89. The zero-order chi connectivity index (χ0) is 17.4. The van der Waals surface area contributed by atoms with Crippen molar-refractivity contribution in [3.05, 3.63) is 56.3 Å². The third-order valence-corrected chi connectivity index (χ3v) is 5.00. The minimum atomic E-state index is -0.606. The Hall–Kier alpha value is -1.59. The maximum absolute atomic E-state index is 12.4. The van der Waals surface area contributed by atoms with Crippen LogP contribution in [-0.4, -0.2) is 22.9 Å². The molecule has 6 heteroatoms. The highest BCUT2D eigenvalue weighted by Crippen LogP contribution is 2.38. The van der Waals surface area contributed by atoms with Crippen molar-refractivity contribution in [3.63, 3.8) is 0 Å². The van der Waals surface area contributed by atoms with Gasteiger partial charge in [-0.05, 0) is 51.0 Å². The van der Waals surface area contributed by atoms with Gasteiger partial charge in [-0.3, -0.25) is 4.79 Å². The number of Topliss-reactive ketones (excluding diaryl/α,β-unsaturated/α-hetero) is 1. The van der Waals surface area contributed by atoms with Crippen molar-refractivity contribution in [2.24, 2.45) is 0 Å². The zero-order valence-electron chi connectivity index (χ0n) is 13.4. The van der Waals surface area contributed by atoms with E-state index in [1.807, 2.05) is 19.9 Å². The summed E-state index contributed by atoms with van der Waals surface area (Å²) in [6.45, 7) is 3.64. The summed E-state index contributed by atoms with van der Waals surface area (Å²) in [5.41, 5.74) is 2.87. The Morgan fingerprint density at radius 3 is 2.62 bits per heavy atom. The van der Waals surface area contributed by atoms with E-state index in [1.54, 1.807) is 18.2 Å². The van der Waals surface area contributed by atoms with Crippen LogP contribution in [0.5, 0.6) is 0 Å². The van der Waals surface area contributed by atoms with Gasteiger partial charge in [-0.25, -0.2) is 4.79 Å². The zero-order valence-corrected chi connectivity index (χ0v) is 15.8. The minimum absolute atomic E-state index is 0.200. The molecule has 0 atom stereocenters. The van der Waals surface area contributed by atoms with Crippen LogP contribution in [0.1, 0.15) is 51.0 Å². The van der Waals surface area contributed by atoms with Crippen LogP contribution in [0.25, 0.3) is 0 Å². The van der Waals surface area contributed by atoms with Gasteiger partial charge in [0.2, 0.25) is 5.78 Å². The van der Waals surface area contributed by atoms with E-state index in [9.17, 15) is 9.59 Å². The Morgan fingerprint density at radius 1 is 1.25 bits per heavy atom. The second-order valence-electron chi connectivity index (χ2n) is 6.01. The van der Waals surface area contributed by atoms with Crippen LogP contribution in [-0.2, 0) is 4.74 Å². The lowest BCUT2D eigenvalue weighted by Gasteiger charge is -2.08. The van der Waals surface area contributed by atoms with Crippen LogP contribution >= 0.6 is 27.5 Å². The van der Waals surface area contributed by atoms with E-state index >= 15 is 0 Å². The molecule has 1 aliphatic rings. The molecular weight excluding hydrogens is 394 g/mol. The molecular formula is C18H17BrClNO3. The molecule has 0 N–H and O–H groups in total. The van der Waals surface area contributed by atoms with E-state index in [1.165, 1.54) is 0 Å². The fraction of sp³-hybridized carbons (Fsp3) is 0.333. The molecule has 1 aliphatic carbocycles. The summed E-state index contributed by atoms with van der Waals surface area (Å²) in [5.74, 6) is -0.805. The van der Waals surface area contributed by atoms with E-state index in [-0.39, 0.29) is 18.0 Å². The van der Waals surface area contributed by atoms with Gasteiger partial charge in [0.25, 0.3) is 0 Å². The summed E-state index contributed by atoms with van der Waals surface area (Å²) >= 11 is 9.29. The van der Waals surface area contributed by atoms with Crippen LogP contribution in [0.3, 0.4) is 0 Å². The molecule has 0 bridgehead atoms. The molecule has 1 saturated carbocycles. The largest absolute Gasteiger partial charge is 0.454 e. The summed E-state index contributed by atoms with van der Waals surface area (Å²) in [6.07, 6.45) is 2.31. The first-order chi connectivity index (χ1) is 11.4. The molecule has 126 valence electrons. The van der Waals surface area contributed by atoms with Crippen LogP contribution in [0, 0.1) is 13.8 Å². The Morgan fingerprint density at radius 2 is 1.96 bits per heavy atom. The highest BCUT2D eigenvalue weighted by Gasteiger charge is 2.28. The molecule has 0 aliphatic heterocycles. The normalized spacial score (nSPS) is 13.8. The average molecular weight is 411 g/mol. The lowest BCUT2D eigenvalue weighted by Crippen LogP contribution is -2.15. The molecule has 2 aromatic rings. The van der Waals surface area contributed by atoms with Gasteiger partial charge in [0, 0.05) is 27.5 Å². The van der Waals surface area contributed by atoms with Crippen molar-refractivity contribution >= 4 is 39.3 Å². The number of carbonyl (C=O) groups is 2. The molecule has 1 aromatic carbocycles. The van der Waals surface area contributed by atoms with Gasteiger partial charge in [0.1, 0.15) is 0 Å². The second kappa shape index (κ2) is 6.73. The molecule has 1 aromatic heterocycles. The number of halogens is 2. The number of ketones is 1. The topological polar surface area (TPSA) is 48.3 Å². The number of benzene rings is 1. The third-order valence-electron chi connectivity index (χ3n) is 4.18. The first-order valence-electron chi connectivity index (χ1n) is 7.72. The summed E-state index contributed by atoms with van der Waals surface area (Å²) in [5, 5.41) is 0.294. The lowest BCUT2D eigenvalue weighted by atomic mass is 10.1. The summed E-state index contributed by atoms with van der Waals surface area (Å²) < 4.78 is 8.07. The van der Waals surface area contributed by atoms with E-state index in [2.05, 4.69) is 20.5 Å². The number of ether oxygens (including phenoxy) is 1. The second-order valence-corrected chi connectivity index (χ2v) is 7.33. The Balaban J connectivity index is 1.71. The number of esters is 1. The molecule has 4 nitrogen and oxygen atoms in total. The predicted molar refractivity (Wildman–Crippen MR) is 95.9 cm³/mol. The molecule has 24 heavy (non-hydrogen) atoms. The van der Waals surface area contributed by atoms with Crippen molar-refractivity contribution in [2.75, 3.05) is 6.61 Å². The molecule has 0 radical (unpaired) electrons. The fourth-order valence-corrected chi connectivity index (χ4v) is 3.45. The fourth-order valence-electron chi connectivity index (χ4n) is 2.89. The molecule has 1 heterocycles. The number of rotatable bonds is 5. The number of aromatic nitrogens is 1. The summed E-state index contributed by atoms with van der Waals surface area (Å²) in [7, 11) is 0. The van der Waals surface area contributed by atoms with Crippen molar-refractivity contribution in [1.82, 2.24) is 4.57 Å².